The molecule has 0 N–H and O–H groups in total. The first-order valence-corrected chi connectivity index (χ1v) is 8.31. The van der Waals surface area contributed by atoms with E-state index < -0.39 is 5.60 Å². The molecule has 23 heavy (non-hydrogen) atoms. The average molecular weight is 317 g/mol. The van der Waals surface area contributed by atoms with Gasteiger partial charge in [0, 0.05) is 6.04 Å². The van der Waals surface area contributed by atoms with Crippen molar-refractivity contribution in [3.8, 4) is 0 Å². The van der Waals surface area contributed by atoms with Gasteiger partial charge in [-0.05, 0) is 69.7 Å². The summed E-state index contributed by atoms with van der Waals surface area (Å²) in [6.07, 6.45) is 5.67. The number of piperidine rings is 1. The van der Waals surface area contributed by atoms with Gasteiger partial charge >= 0.3 is 6.09 Å². The first-order chi connectivity index (χ1) is 10.8. The molecule has 0 saturated carbocycles. The van der Waals surface area contributed by atoms with Gasteiger partial charge in [0.25, 0.3) is 0 Å². The van der Waals surface area contributed by atoms with Crippen LogP contribution in [0, 0.1) is 5.82 Å². The lowest BCUT2D eigenvalue weighted by Gasteiger charge is -2.45. The van der Waals surface area contributed by atoms with Crippen LogP contribution in [-0.4, -0.2) is 28.7 Å². The second-order valence-electron chi connectivity index (χ2n) is 7.45. The number of carbonyl (C=O) groups is 1. The van der Waals surface area contributed by atoms with Crippen molar-refractivity contribution in [3.63, 3.8) is 0 Å². The Kier molecular flexibility index (Phi) is 4.17. The average Bonchev–Trinajstić information content (AvgIpc) is 2.44. The molecule has 0 radical (unpaired) electrons. The molecule has 3 rings (SSSR count). The first kappa shape index (κ1) is 16.0. The molecule has 1 fully saturated rings. The third-order valence-electron chi connectivity index (χ3n) is 4.44. The minimum absolute atomic E-state index is 0.0515. The SMILES string of the molecule is CC(C)(C)OC(=O)N1C2C=C(c3cccc(F)c3)CC1CCC2. The lowest BCUT2D eigenvalue weighted by Crippen LogP contribution is -2.53. The zero-order valence-corrected chi connectivity index (χ0v) is 14.0. The van der Waals surface area contributed by atoms with E-state index in [0.29, 0.717) is 0 Å². The molecule has 2 heterocycles. The molecule has 3 nitrogen and oxygen atoms in total. The standard InChI is InChI=1S/C19H24FNO2/c1-19(2,3)23-18(22)21-16-8-5-9-17(21)12-14(11-16)13-6-4-7-15(20)10-13/h4,6-7,10-11,16-17H,5,8-9,12H2,1-3H3. The molecular formula is C19H24FNO2. The largest absolute Gasteiger partial charge is 0.444 e. The van der Waals surface area contributed by atoms with Gasteiger partial charge < -0.3 is 4.74 Å². The van der Waals surface area contributed by atoms with Crippen molar-refractivity contribution in [2.24, 2.45) is 0 Å². The summed E-state index contributed by atoms with van der Waals surface area (Å²) in [5, 5.41) is 0. The molecule has 2 bridgehead atoms. The Hall–Kier alpha value is -1.84. The van der Waals surface area contributed by atoms with Crippen LogP contribution in [0.2, 0.25) is 0 Å². The molecule has 1 saturated heterocycles. The number of halogens is 1. The molecule has 1 aromatic carbocycles. The van der Waals surface area contributed by atoms with Crippen LogP contribution in [0.15, 0.2) is 30.3 Å². The van der Waals surface area contributed by atoms with E-state index in [1.807, 2.05) is 31.7 Å². The zero-order chi connectivity index (χ0) is 16.6. The highest BCUT2D eigenvalue weighted by molar-refractivity contribution is 5.74. The monoisotopic (exact) mass is 317 g/mol. The summed E-state index contributed by atoms with van der Waals surface area (Å²) >= 11 is 0. The normalized spacial score (nSPS) is 24.2. The lowest BCUT2D eigenvalue weighted by atomic mass is 9.83. The van der Waals surface area contributed by atoms with Gasteiger partial charge in [0.15, 0.2) is 0 Å². The Labute approximate surface area is 137 Å². The summed E-state index contributed by atoms with van der Waals surface area (Å²) in [7, 11) is 0. The molecule has 2 aliphatic heterocycles. The van der Waals surface area contributed by atoms with Crippen LogP contribution in [0.4, 0.5) is 9.18 Å². The van der Waals surface area contributed by atoms with E-state index in [9.17, 15) is 9.18 Å². The molecule has 124 valence electrons. The number of nitrogens with zero attached hydrogens (tertiary/aromatic N) is 1. The van der Waals surface area contributed by atoms with E-state index in [-0.39, 0.29) is 24.0 Å². The number of rotatable bonds is 1. The van der Waals surface area contributed by atoms with Crippen molar-refractivity contribution in [2.45, 2.75) is 64.1 Å². The summed E-state index contributed by atoms with van der Waals surface area (Å²) in [6, 6.07) is 6.91. The van der Waals surface area contributed by atoms with Gasteiger partial charge in [0.2, 0.25) is 0 Å². The molecule has 2 unspecified atom stereocenters. The summed E-state index contributed by atoms with van der Waals surface area (Å²) in [4.78, 5) is 14.4. The highest BCUT2D eigenvalue weighted by Gasteiger charge is 2.39. The molecule has 4 heteroatoms. The Morgan fingerprint density at radius 1 is 1.30 bits per heavy atom. The van der Waals surface area contributed by atoms with Crippen molar-refractivity contribution in [3.05, 3.63) is 41.7 Å². The molecule has 1 amide bonds. The van der Waals surface area contributed by atoms with Crippen molar-refractivity contribution < 1.29 is 13.9 Å². The van der Waals surface area contributed by atoms with Crippen molar-refractivity contribution in [1.29, 1.82) is 0 Å². The van der Waals surface area contributed by atoms with E-state index in [1.165, 1.54) is 6.07 Å². The maximum absolute atomic E-state index is 13.5. The van der Waals surface area contributed by atoms with Crippen LogP contribution in [0.25, 0.3) is 5.57 Å². The van der Waals surface area contributed by atoms with Crippen molar-refractivity contribution in [1.82, 2.24) is 4.90 Å². The number of benzene rings is 1. The van der Waals surface area contributed by atoms with Crippen LogP contribution < -0.4 is 0 Å². The van der Waals surface area contributed by atoms with Crippen LogP contribution in [0.5, 0.6) is 0 Å². The van der Waals surface area contributed by atoms with E-state index in [1.54, 1.807) is 12.1 Å². The van der Waals surface area contributed by atoms with Gasteiger partial charge in [-0.1, -0.05) is 18.2 Å². The maximum atomic E-state index is 13.5. The van der Waals surface area contributed by atoms with E-state index in [0.717, 1.165) is 36.8 Å². The molecule has 2 aliphatic rings. The van der Waals surface area contributed by atoms with Crippen molar-refractivity contribution >= 4 is 11.7 Å². The number of fused-ring (bicyclic) bond motifs is 2. The van der Waals surface area contributed by atoms with Gasteiger partial charge in [0.05, 0.1) is 6.04 Å². The van der Waals surface area contributed by atoms with Crippen molar-refractivity contribution in [2.75, 3.05) is 0 Å². The van der Waals surface area contributed by atoms with Gasteiger partial charge in [-0.2, -0.15) is 0 Å². The van der Waals surface area contributed by atoms with E-state index in [4.69, 9.17) is 4.74 Å². The minimum atomic E-state index is -0.488. The van der Waals surface area contributed by atoms with Gasteiger partial charge in [-0.25, -0.2) is 9.18 Å². The van der Waals surface area contributed by atoms with Crippen LogP contribution in [0.1, 0.15) is 52.0 Å². The fourth-order valence-electron chi connectivity index (χ4n) is 3.53. The smallest absolute Gasteiger partial charge is 0.411 e. The first-order valence-electron chi connectivity index (χ1n) is 8.31. The topological polar surface area (TPSA) is 29.5 Å². The Morgan fingerprint density at radius 3 is 2.74 bits per heavy atom. The highest BCUT2D eigenvalue weighted by Crippen LogP contribution is 2.38. The molecule has 0 spiro atoms. The minimum Gasteiger partial charge on any atom is -0.444 e. The number of hydrogen-bond donors (Lipinski definition) is 0. The number of hydrogen-bond acceptors (Lipinski definition) is 2. The number of ether oxygens (including phenoxy) is 1. The van der Waals surface area contributed by atoms with Gasteiger partial charge in [-0.3, -0.25) is 4.90 Å². The summed E-state index contributed by atoms with van der Waals surface area (Å²) in [6.45, 7) is 5.66. The van der Waals surface area contributed by atoms with Crippen LogP contribution >= 0.6 is 0 Å². The molecular weight excluding hydrogens is 293 g/mol. The highest BCUT2D eigenvalue weighted by atomic mass is 19.1. The van der Waals surface area contributed by atoms with Crippen LogP contribution in [0.3, 0.4) is 0 Å². The molecule has 0 aliphatic carbocycles. The predicted molar refractivity (Wildman–Crippen MR) is 88.5 cm³/mol. The second-order valence-corrected chi connectivity index (χ2v) is 7.45. The van der Waals surface area contributed by atoms with Crippen LogP contribution in [-0.2, 0) is 4.74 Å². The van der Waals surface area contributed by atoms with E-state index in [2.05, 4.69) is 6.08 Å². The fourth-order valence-corrected chi connectivity index (χ4v) is 3.53. The Morgan fingerprint density at radius 2 is 2.09 bits per heavy atom. The second kappa shape index (κ2) is 5.99. The van der Waals surface area contributed by atoms with Gasteiger partial charge in [-0.15, -0.1) is 0 Å². The zero-order valence-electron chi connectivity index (χ0n) is 14.0. The molecule has 2 atom stereocenters. The summed E-state index contributed by atoms with van der Waals surface area (Å²) < 4.78 is 19.1. The Bertz CT molecular complexity index is 633. The van der Waals surface area contributed by atoms with Gasteiger partial charge in [0.1, 0.15) is 11.4 Å². The predicted octanol–water partition coefficient (Wildman–Crippen LogP) is 4.77. The quantitative estimate of drug-likeness (QED) is 0.746. The maximum Gasteiger partial charge on any atom is 0.411 e. The fraction of sp³-hybridized carbons (Fsp3) is 0.526. The summed E-state index contributed by atoms with van der Waals surface area (Å²) in [5.41, 5.74) is 1.57. The third-order valence-corrected chi connectivity index (χ3v) is 4.44. The molecule has 1 aromatic rings. The number of carbonyl (C=O) groups excluding carboxylic acids is 1. The Balaban J connectivity index is 1.86. The van der Waals surface area contributed by atoms with E-state index >= 15 is 0 Å². The number of amides is 1. The third kappa shape index (κ3) is 3.57. The summed E-state index contributed by atoms with van der Waals surface area (Å²) in [5.74, 6) is -0.219. The molecule has 0 aromatic heterocycles. The lowest BCUT2D eigenvalue weighted by molar-refractivity contribution is 0.0000828.